The van der Waals surface area contributed by atoms with E-state index in [0.717, 1.165) is 51.0 Å². The SMILES string of the molecule is CCCCCOc1ccc2c(c1)N(CCCCCCN=C(N)N)c1ccccc1S2. The zero-order chi connectivity index (χ0) is 21.2. The van der Waals surface area contributed by atoms with Crippen LogP contribution in [-0.2, 0) is 0 Å². The van der Waals surface area contributed by atoms with Gasteiger partial charge in [0.15, 0.2) is 5.96 Å². The van der Waals surface area contributed by atoms with Gasteiger partial charge in [0.05, 0.1) is 18.0 Å². The van der Waals surface area contributed by atoms with Gasteiger partial charge in [0.1, 0.15) is 5.75 Å². The fourth-order valence-electron chi connectivity index (χ4n) is 3.63. The lowest BCUT2D eigenvalue weighted by Gasteiger charge is -2.33. The van der Waals surface area contributed by atoms with Gasteiger partial charge in [-0.3, -0.25) is 4.99 Å². The Bertz CT molecular complexity index is 836. The van der Waals surface area contributed by atoms with Crippen LogP contribution in [0.25, 0.3) is 0 Å². The third-order valence-electron chi connectivity index (χ3n) is 5.20. The maximum Gasteiger partial charge on any atom is 0.185 e. The van der Waals surface area contributed by atoms with Crippen LogP contribution >= 0.6 is 11.8 Å². The molecule has 0 spiro atoms. The van der Waals surface area contributed by atoms with Crippen molar-refractivity contribution in [3.05, 3.63) is 42.5 Å². The monoisotopic (exact) mass is 426 g/mol. The summed E-state index contributed by atoms with van der Waals surface area (Å²) in [5.41, 5.74) is 13.3. The van der Waals surface area contributed by atoms with E-state index >= 15 is 0 Å². The number of unbranched alkanes of at least 4 members (excludes halogenated alkanes) is 5. The average molecular weight is 427 g/mol. The normalized spacial score (nSPS) is 12.2. The number of nitrogens with zero attached hydrogens (tertiary/aromatic N) is 2. The third kappa shape index (κ3) is 6.33. The van der Waals surface area contributed by atoms with E-state index < -0.39 is 0 Å². The van der Waals surface area contributed by atoms with E-state index in [-0.39, 0.29) is 5.96 Å². The van der Waals surface area contributed by atoms with Gasteiger partial charge in [0.25, 0.3) is 0 Å². The molecule has 0 aromatic heterocycles. The number of aliphatic imine (C=N–C) groups is 1. The molecule has 2 aromatic carbocycles. The smallest absolute Gasteiger partial charge is 0.185 e. The Labute approximate surface area is 184 Å². The number of anilines is 2. The summed E-state index contributed by atoms with van der Waals surface area (Å²) in [5, 5.41) is 0. The minimum absolute atomic E-state index is 0.182. The first-order valence-corrected chi connectivity index (χ1v) is 11.9. The number of guanidine groups is 1. The second-order valence-corrected chi connectivity index (χ2v) is 8.71. The topological polar surface area (TPSA) is 76.9 Å². The first kappa shape index (κ1) is 22.3. The lowest BCUT2D eigenvalue weighted by atomic mass is 10.1. The molecule has 5 nitrogen and oxygen atoms in total. The molecule has 4 N–H and O–H groups in total. The van der Waals surface area contributed by atoms with Crippen LogP contribution in [0, 0.1) is 0 Å². The number of nitrogens with two attached hydrogens (primary N) is 2. The zero-order valence-electron chi connectivity index (χ0n) is 18.0. The summed E-state index contributed by atoms with van der Waals surface area (Å²) in [6, 6.07) is 15.2. The Kier molecular flexibility index (Phi) is 8.75. The summed E-state index contributed by atoms with van der Waals surface area (Å²) < 4.78 is 6.03. The Balaban J connectivity index is 1.65. The van der Waals surface area contributed by atoms with Gasteiger partial charge in [-0.15, -0.1) is 0 Å². The van der Waals surface area contributed by atoms with Crippen LogP contribution in [0.1, 0.15) is 51.9 Å². The molecule has 0 bridgehead atoms. The number of para-hydroxylation sites is 1. The van der Waals surface area contributed by atoms with E-state index in [1.165, 1.54) is 34.0 Å². The summed E-state index contributed by atoms with van der Waals surface area (Å²) in [7, 11) is 0. The molecule has 30 heavy (non-hydrogen) atoms. The highest BCUT2D eigenvalue weighted by Gasteiger charge is 2.23. The molecule has 162 valence electrons. The highest BCUT2D eigenvalue weighted by atomic mass is 32.2. The first-order valence-electron chi connectivity index (χ1n) is 11.1. The second-order valence-electron chi connectivity index (χ2n) is 7.63. The van der Waals surface area contributed by atoms with Crippen LogP contribution in [-0.4, -0.2) is 25.7 Å². The number of ether oxygens (including phenoxy) is 1. The molecule has 0 atom stereocenters. The molecular weight excluding hydrogens is 392 g/mol. The van der Waals surface area contributed by atoms with Crippen molar-refractivity contribution in [2.75, 3.05) is 24.6 Å². The van der Waals surface area contributed by atoms with Crippen molar-refractivity contribution < 1.29 is 4.74 Å². The van der Waals surface area contributed by atoms with Crippen molar-refractivity contribution in [1.82, 2.24) is 0 Å². The van der Waals surface area contributed by atoms with E-state index in [1.807, 2.05) is 11.8 Å². The van der Waals surface area contributed by atoms with Crippen molar-refractivity contribution in [1.29, 1.82) is 0 Å². The Morgan fingerprint density at radius 2 is 1.73 bits per heavy atom. The summed E-state index contributed by atoms with van der Waals surface area (Å²) in [6.07, 6.45) is 7.97. The van der Waals surface area contributed by atoms with E-state index in [1.54, 1.807) is 0 Å². The molecule has 0 aliphatic carbocycles. The highest BCUT2D eigenvalue weighted by Crippen LogP contribution is 2.49. The highest BCUT2D eigenvalue weighted by molar-refractivity contribution is 7.99. The minimum Gasteiger partial charge on any atom is -0.494 e. The van der Waals surface area contributed by atoms with E-state index in [9.17, 15) is 0 Å². The third-order valence-corrected chi connectivity index (χ3v) is 6.33. The number of rotatable bonds is 12. The molecule has 2 aromatic rings. The van der Waals surface area contributed by atoms with Gasteiger partial charge in [-0.1, -0.05) is 56.5 Å². The van der Waals surface area contributed by atoms with Crippen molar-refractivity contribution in [3.63, 3.8) is 0 Å². The minimum atomic E-state index is 0.182. The van der Waals surface area contributed by atoms with E-state index in [2.05, 4.69) is 59.3 Å². The fourth-order valence-corrected chi connectivity index (χ4v) is 4.70. The Morgan fingerprint density at radius 3 is 2.57 bits per heavy atom. The first-order chi connectivity index (χ1) is 14.7. The van der Waals surface area contributed by atoms with Gasteiger partial charge >= 0.3 is 0 Å². The molecule has 0 amide bonds. The van der Waals surface area contributed by atoms with Crippen LogP contribution < -0.4 is 21.1 Å². The maximum atomic E-state index is 6.03. The lowest BCUT2D eigenvalue weighted by molar-refractivity contribution is 0.306. The average Bonchev–Trinajstić information content (AvgIpc) is 2.75. The molecule has 6 heteroatoms. The quantitative estimate of drug-likeness (QED) is 0.259. The van der Waals surface area contributed by atoms with Gasteiger partial charge in [0.2, 0.25) is 0 Å². The van der Waals surface area contributed by atoms with E-state index in [4.69, 9.17) is 16.2 Å². The molecule has 0 unspecified atom stereocenters. The van der Waals surface area contributed by atoms with Gasteiger partial charge < -0.3 is 21.1 Å². The summed E-state index contributed by atoms with van der Waals surface area (Å²) in [4.78, 5) is 9.12. The van der Waals surface area contributed by atoms with Gasteiger partial charge in [-0.05, 0) is 43.5 Å². The predicted octanol–water partition coefficient (Wildman–Crippen LogP) is 5.69. The number of fused-ring (bicyclic) bond motifs is 2. The predicted molar refractivity (Wildman–Crippen MR) is 128 cm³/mol. The van der Waals surface area contributed by atoms with Gasteiger partial charge in [0, 0.05) is 28.9 Å². The fraction of sp³-hybridized carbons (Fsp3) is 0.458. The number of hydrogen-bond donors (Lipinski definition) is 2. The summed E-state index contributed by atoms with van der Waals surface area (Å²) in [5.74, 6) is 1.15. The van der Waals surface area contributed by atoms with Crippen LogP contribution in [0.15, 0.2) is 57.2 Å². The molecule has 0 radical (unpaired) electrons. The second kappa shape index (κ2) is 11.7. The summed E-state index contributed by atoms with van der Waals surface area (Å²) in [6.45, 7) is 4.71. The molecule has 0 fully saturated rings. The van der Waals surface area contributed by atoms with Crippen molar-refractivity contribution in [2.24, 2.45) is 16.5 Å². The molecule has 1 heterocycles. The molecular formula is C24H34N4OS. The Morgan fingerprint density at radius 1 is 0.933 bits per heavy atom. The molecule has 3 rings (SSSR count). The molecule has 1 aliphatic rings. The van der Waals surface area contributed by atoms with Crippen LogP contribution in [0.5, 0.6) is 5.75 Å². The molecule has 0 saturated heterocycles. The largest absolute Gasteiger partial charge is 0.494 e. The maximum absolute atomic E-state index is 6.03. The van der Waals surface area contributed by atoms with E-state index in [0.29, 0.717) is 6.54 Å². The van der Waals surface area contributed by atoms with Gasteiger partial charge in [-0.2, -0.15) is 0 Å². The van der Waals surface area contributed by atoms with Crippen molar-refractivity contribution >= 4 is 29.1 Å². The summed E-state index contributed by atoms with van der Waals surface area (Å²) >= 11 is 1.84. The van der Waals surface area contributed by atoms with Crippen molar-refractivity contribution in [3.8, 4) is 5.75 Å². The number of hydrogen-bond acceptors (Lipinski definition) is 4. The zero-order valence-corrected chi connectivity index (χ0v) is 18.8. The lowest BCUT2D eigenvalue weighted by Crippen LogP contribution is -2.23. The molecule has 1 aliphatic heterocycles. The van der Waals surface area contributed by atoms with Crippen LogP contribution in [0.2, 0.25) is 0 Å². The van der Waals surface area contributed by atoms with Gasteiger partial charge in [-0.25, -0.2) is 0 Å². The standard InChI is InChI=1S/C24H34N4OS/c1-2-3-10-17-29-19-13-14-23-21(18-19)28(20-11-6-7-12-22(20)30-23)16-9-5-4-8-15-27-24(25)26/h6-7,11-14,18H,2-5,8-10,15-17H2,1H3,(H4,25,26,27). The van der Waals surface area contributed by atoms with Crippen molar-refractivity contribution in [2.45, 2.75) is 61.7 Å². The number of benzene rings is 2. The Hall–Kier alpha value is -2.34. The molecule has 0 saturated carbocycles. The van der Waals surface area contributed by atoms with Crippen LogP contribution in [0.3, 0.4) is 0 Å². The van der Waals surface area contributed by atoms with Crippen LogP contribution in [0.4, 0.5) is 11.4 Å².